The first kappa shape index (κ1) is 20.0. The van der Waals surface area contributed by atoms with E-state index in [-0.39, 0.29) is 6.42 Å². The van der Waals surface area contributed by atoms with E-state index in [9.17, 15) is 20.0 Å². The molecule has 1 unspecified atom stereocenters. The fraction of sp³-hybridized carbons (Fsp3) is 0.286. The van der Waals surface area contributed by atoms with E-state index < -0.39 is 23.7 Å². The van der Waals surface area contributed by atoms with Crippen molar-refractivity contribution in [1.29, 1.82) is 5.26 Å². The van der Waals surface area contributed by atoms with E-state index in [1.165, 1.54) is 0 Å². The molecule has 2 aromatic carbocycles. The molecular weight excluding hydrogens is 344 g/mol. The predicted octanol–water partition coefficient (Wildman–Crippen LogP) is 3.75. The maximum atomic E-state index is 11.8. The number of carbonyl (C=O) groups excluding carboxylic acids is 1. The number of rotatable bonds is 5. The molecule has 0 aliphatic carbocycles. The summed E-state index contributed by atoms with van der Waals surface area (Å²) < 4.78 is 5.11. The number of alkyl carbamates (subject to hydrolysis) is 1. The SMILES string of the molecule is CC(C)(C)OC(=O)NC(Cc1ccc(-c2ccccc2C#N)cc1)C(=O)O. The van der Waals surface area contributed by atoms with Crippen molar-refractivity contribution in [2.45, 2.75) is 38.8 Å². The van der Waals surface area contributed by atoms with E-state index in [0.29, 0.717) is 5.56 Å². The van der Waals surface area contributed by atoms with Gasteiger partial charge in [-0.15, -0.1) is 0 Å². The van der Waals surface area contributed by atoms with Gasteiger partial charge in [-0.1, -0.05) is 42.5 Å². The zero-order valence-electron chi connectivity index (χ0n) is 15.5. The molecule has 0 fully saturated rings. The number of nitrogens with one attached hydrogen (secondary N) is 1. The second kappa shape index (κ2) is 8.37. The number of nitrogens with zero attached hydrogens (tertiary/aromatic N) is 1. The van der Waals surface area contributed by atoms with Crippen molar-refractivity contribution >= 4 is 12.1 Å². The fourth-order valence-electron chi connectivity index (χ4n) is 2.54. The maximum Gasteiger partial charge on any atom is 0.408 e. The summed E-state index contributed by atoms with van der Waals surface area (Å²) in [5, 5.41) is 21.0. The molecule has 1 amide bonds. The molecule has 2 aromatic rings. The first-order valence-electron chi connectivity index (χ1n) is 8.50. The number of carbonyl (C=O) groups is 2. The number of hydrogen-bond donors (Lipinski definition) is 2. The van der Waals surface area contributed by atoms with Crippen LogP contribution in [0.2, 0.25) is 0 Å². The lowest BCUT2D eigenvalue weighted by Gasteiger charge is -2.22. The van der Waals surface area contributed by atoms with E-state index in [0.717, 1.165) is 16.7 Å². The van der Waals surface area contributed by atoms with Crippen LogP contribution in [0.15, 0.2) is 48.5 Å². The van der Waals surface area contributed by atoms with Crippen molar-refractivity contribution in [2.75, 3.05) is 0 Å². The number of amides is 1. The van der Waals surface area contributed by atoms with Crippen LogP contribution in [0.1, 0.15) is 31.9 Å². The largest absolute Gasteiger partial charge is 0.480 e. The predicted molar refractivity (Wildman–Crippen MR) is 101 cm³/mol. The molecule has 0 aliphatic rings. The van der Waals surface area contributed by atoms with Gasteiger partial charge >= 0.3 is 12.1 Å². The highest BCUT2D eigenvalue weighted by Gasteiger charge is 2.24. The molecule has 2 N–H and O–H groups in total. The van der Waals surface area contributed by atoms with Crippen LogP contribution in [0, 0.1) is 11.3 Å². The Hall–Kier alpha value is -3.33. The van der Waals surface area contributed by atoms with Crippen molar-refractivity contribution in [3.63, 3.8) is 0 Å². The Bertz CT molecular complexity index is 861. The Morgan fingerprint density at radius 3 is 2.33 bits per heavy atom. The average Bonchev–Trinajstić information content (AvgIpc) is 2.60. The van der Waals surface area contributed by atoms with Crippen LogP contribution in [-0.4, -0.2) is 28.8 Å². The number of carboxylic acids is 1. The van der Waals surface area contributed by atoms with Gasteiger partial charge in [0.05, 0.1) is 11.6 Å². The van der Waals surface area contributed by atoms with E-state index in [2.05, 4.69) is 11.4 Å². The first-order chi connectivity index (χ1) is 12.7. The minimum atomic E-state index is -1.14. The summed E-state index contributed by atoms with van der Waals surface area (Å²) in [5.41, 5.74) is 2.29. The van der Waals surface area contributed by atoms with Gasteiger partial charge in [0.25, 0.3) is 0 Å². The third kappa shape index (κ3) is 5.86. The number of hydrogen-bond acceptors (Lipinski definition) is 4. The monoisotopic (exact) mass is 366 g/mol. The van der Waals surface area contributed by atoms with Crippen molar-refractivity contribution in [2.24, 2.45) is 0 Å². The normalized spacial score (nSPS) is 11.9. The highest BCUT2D eigenvalue weighted by Crippen LogP contribution is 2.23. The fourth-order valence-corrected chi connectivity index (χ4v) is 2.54. The number of benzene rings is 2. The highest BCUT2D eigenvalue weighted by atomic mass is 16.6. The lowest BCUT2D eigenvalue weighted by Crippen LogP contribution is -2.44. The molecule has 0 aliphatic heterocycles. The van der Waals surface area contributed by atoms with Gasteiger partial charge < -0.3 is 15.2 Å². The Kier molecular flexibility index (Phi) is 6.19. The van der Waals surface area contributed by atoms with Crippen LogP contribution in [0.3, 0.4) is 0 Å². The van der Waals surface area contributed by atoms with Crippen molar-refractivity contribution in [3.05, 3.63) is 59.7 Å². The van der Waals surface area contributed by atoms with Crippen LogP contribution < -0.4 is 5.32 Å². The zero-order valence-corrected chi connectivity index (χ0v) is 15.5. The highest BCUT2D eigenvalue weighted by molar-refractivity contribution is 5.80. The van der Waals surface area contributed by atoms with Gasteiger partial charge in [-0.05, 0) is 43.5 Å². The second-order valence-electron chi connectivity index (χ2n) is 7.10. The van der Waals surface area contributed by atoms with Crippen LogP contribution in [-0.2, 0) is 16.0 Å². The van der Waals surface area contributed by atoms with E-state index in [1.807, 2.05) is 24.3 Å². The standard InChI is InChI=1S/C21H22N2O4/c1-21(2,3)27-20(26)23-18(19(24)25)12-14-8-10-15(11-9-14)17-7-5-4-6-16(17)13-22/h4-11,18H,12H2,1-3H3,(H,23,26)(H,24,25). The molecule has 0 saturated heterocycles. The smallest absolute Gasteiger partial charge is 0.408 e. The summed E-state index contributed by atoms with van der Waals surface area (Å²) in [7, 11) is 0. The molecule has 0 saturated carbocycles. The van der Waals surface area contributed by atoms with E-state index in [4.69, 9.17) is 4.74 Å². The molecule has 0 spiro atoms. The molecule has 140 valence electrons. The van der Waals surface area contributed by atoms with Crippen molar-refractivity contribution in [3.8, 4) is 17.2 Å². The average molecular weight is 366 g/mol. The number of aliphatic carboxylic acids is 1. The van der Waals surface area contributed by atoms with Gasteiger partial charge in [-0.25, -0.2) is 9.59 Å². The Morgan fingerprint density at radius 1 is 1.15 bits per heavy atom. The van der Waals surface area contributed by atoms with Gasteiger partial charge in [0, 0.05) is 6.42 Å². The summed E-state index contributed by atoms with van der Waals surface area (Å²) >= 11 is 0. The summed E-state index contributed by atoms with van der Waals surface area (Å²) in [4.78, 5) is 23.3. The first-order valence-corrected chi connectivity index (χ1v) is 8.50. The lowest BCUT2D eigenvalue weighted by atomic mass is 9.97. The maximum absolute atomic E-state index is 11.8. The molecule has 27 heavy (non-hydrogen) atoms. The summed E-state index contributed by atoms with van der Waals surface area (Å²) in [5.74, 6) is -1.14. The molecule has 0 bridgehead atoms. The number of ether oxygens (including phenoxy) is 1. The van der Waals surface area contributed by atoms with Crippen LogP contribution >= 0.6 is 0 Å². The van der Waals surface area contributed by atoms with Gasteiger partial charge in [-0.3, -0.25) is 0 Å². The zero-order chi connectivity index (χ0) is 20.0. The Morgan fingerprint density at radius 2 is 1.78 bits per heavy atom. The lowest BCUT2D eigenvalue weighted by molar-refractivity contribution is -0.139. The third-order valence-electron chi connectivity index (χ3n) is 3.74. The topological polar surface area (TPSA) is 99.4 Å². The molecule has 1 atom stereocenters. The molecular formula is C21H22N2O4. The van der Waals surface area contributed by atoms with Gasteiger partial charge in [0.15, 0.2) is 0 Å². The van der Waals surface area contributed by atoms with Crippen LogP contribution in [0.4, 0.5) is 4.79 Å². The molecule has 6 nitrogen and oxygen atoms in total. The summed E-state index contributed by atoms with van der Waals surface area (Å²) in [6.45, 7) is 5.13. The molecule has 2 rings (SSSR count). The van der Waals surface area contributed by atoms with Gasteiger partial charge in [0.1, 0.15) is 11.6 Å². The quantitative estimate of drug-likeness (QED) is 0.839. The minimum Gasteiger partial charge on any atom is -0.480 e. The molecule has 0 heterocycles. The van der Waals surface area contributed by atoms with E-state index in [1.54, 1.807) is 45.0 Å². The molecule has 0 aromatic heterocycles. The molecule has 0 radical (unpaired) electrons. The third-order valence-corrected chi connectivity index (χ3v) is 3.74. The molecule has 6 heteroatoms. The Labute approximate surface area is 158 Å². The second-order valence-corrected chi connectivity index (χ2v) is 7.10. The number of carboxylic acid groups (broad SMARTS) is 1. The summed E-state index contributed by atoms with van der Waals surface area (Å²) in [6.07, 6.45) is -0.649. The van der Waals surface area contributed by atoms with E-state index >= 15 is 0 Å². The summed E-state index contributed by atoms with van der Waals surface area (Å²) in [6, 6.07) is 15.6. The van der Waals surface area contributed by atoms with Crippen LogP contribution in [0.5, 0.6) is 0 Å². The van der Waals surface area contributed by atoms with Crippen molar-refractivity contribution < 1.29 is 19.4 Å². The van der Waals surface area contributed by atoms with Gasteiger partial charge in [-0.2, -0.15) is 5.26 Å². The van der Waals surface area contributed by atoms with Gasteiger partial charge in [0.2, 0.25) is 0 Å². The number of nitriles is 1. The minimum absolute atomic E-state index is 0.120. The van der Waals surface area contributed by atoms with Crippen molar-refractivity contribution in [1.82, 2.24) is 5.32 Å². The van der Waals surface area contributed by atoms with Crippen LogP contribution in [0.25, 0.3) is 11.1 Å². The Balaban J connectivity index is 2.12.